The first-order valence-electron chi connectivity index (χ1n) is 6.24. The van der Waals surface area contributed by atoms with Gasteiger partial charge in [-0.25, -0.2) is 9.67 Å². The zero-order valence-electron chi connectivity index (χ0n) is 11.1. The smallest absolute Gasteiger partial charge is 0.163 e. The van der Waals surface area contributed by atoms with Gasteiger partial charge in [0, 0.05) is 12.4 Å². The summed E-state index contributed by atoms with van der Waals surface area (Å²) in [5, 5.41) is 8.55. The van der Waals surface area contributed by atoms with Gasteiger partial charge >= 0.3 is 0 Å². The minimum atomic E-state index is -0.142. The molecule has 3 heterocycles. The van der Waals surface area contributed by atoms with Crippen LogP contribution in [0.4, 0.5) is 0 Å². The molecule has 0 saturated carbocycles. The molecule has 0 aliphatic carbocycles. The molecule has 0 bridgehead atoms. The van der Waals surface area contributed by atoms with E-state index in [2.05, 4.69) is 33.4 Å². The highest BCUT2D eigenvalue weighted by molar-refractivity contribution is 7.08. The molecule has 0 spiro atoms. The first-order chi connectivity index (χ1) is 9.13. The lowest BCUT2D eigenvalue weighted by atomic mass is 10.3. The Morgan fingerprint density at radius 1 is 1.47 bits per heavy atom. The van der Waals surface area contributed by atoms with Gasteiger partial charge in [-0.15, -0.1) is 11.6 Å². The molecule has 1 atom stereocenters. The van der Waals surface area contributed by atoms with Gasteiger partial charge in [0.05, 0.1) is 16.8 Å². The Morgan fingerprint density at radius 3 is 2.84 bits per heavy atom. The lowest BCUT2D eigenvalue weighted by Crippen LogP contribution is -2.05. The van der Waals surface area contributed by atoms with Crippen molar-refractivity contribution in [2.45, 2.75) is 25.6 Å². The first-order valence-corrected chi connectivity index (χ1v) is 7.62. The monoisotopic (exact) mass is 294 g/mol. The summed E-state index contributed by atoms with van der Waals surface area (Å²) >= 11 is 7.96. The SMILES string of the molecule is CCc1nn(C)c2c1nc(C(C)Cl)n2-c1ccsc1. The van der Waals surface area contributed by atoms with E-state index in [1.807, 2.05) is 18.7 Å². The lowest BCUT2D eigenvalue weighted by molar-refractivity contribution is 0.739. The Kier molecular flexibility index (Phi) is 3.11. The molecule has 4 nitrogen and oxygen atoms in total. The van der Waals surface area contributed by atoms with Crippen LogP contribution in [0.5, 0.6) is 0 Å². The average molecular weight is 295 g/mol. The summed E-state index contributed by atoms with van der Waals surface area (Å²) < 4.78 is 4.00. The van der Waals surface area contributed by atoms with Crippen molar-refractivity contribution in [2.24, 2.45) is 7.05 Å². The van der Waals surface area contributed by atoms with Crippen LogP contribution in [0.3, 0.4) is 0 Å². The predicted octanol–water partition coefficient (Wildman–Crippen LogP) is 3.68. The Balaban J connectivity index is 2.39. The highest BCUT2D eigenvalue weighted by atomic mass is 35.5. The first kappa shape index (κ1) is 12.7. The third-order valence-electron chi connectivity index (χ3n) is 3.18. The number of halogens is 1. The number of aromatic nitrogens is 4. The van der Waals surface area contributed by atoms with Crippen molar-refractivity contribution in [3.05, 3.63) is 28.3 Å². The molecule has 0 radical (unpaired) electrons. The number of fused-ring (bicyclic) bond motifs is 1. The van der Waals surface area contributed by atoms with Crippen molar-refractivity contribution in [3.63, 3.8) is 0 Å². The maximum Gasteiger partial charge on any atom is 0.163 e. The van der Waals surface area contributed by atoms with E-state index in [-0.39, 0.29) is 5.38 Å². The van der Waals surface area contributed by atoms with Crippen LogP contribution >= 0.6 is 22.9 Å². The molecule has 3 rings (SSSR count). The number of imidazole rings is 1. The Labute approximate surface area is 120 Å². The number of aryl methyl sites for hydroxylation is 2. The molecule has 19 heavy (non-hydrogen) atoms. The Hall–Kier alpha value is -1.33. The third-order valence-corrected chi connectivity index (χ3v) is 4.05. The summed E-state index contributed by atoms with van der Waals surface area (Å²) in [6.07, 6.45) is 0.869. The summed E-state index contributed by atoms with van der Waals surface area (Å²) in [6, 6.07) is 2.08. The maximum atomic E-state index is 6.29. The standard InChI is InChI=1S/C13H15ClN4S/c1-4-10-11-13(17(3)16-10)18(9-5-6-19-7-9)12(15-11)8(2)14/h5-8H,4H2,1-3H3. The summed E-state index contributed by atoms with van der Waals surface area (Å²) in [4.78, 5) is 4.71. The van der Waals surface area contributed by atoms with Crippen molar-refractivity contribution in [2.75, 3.05) is 0 Å². The van der Waals surface area contributed by atoms with Crippen molar-refractivity contribution in [3.8, 4) is 5.69 Å². The van der Waals surface area contributed by atoms with Crippen LogP contribution in [0.15, 0.2) is 16.8 Å². The van der Waals surface area contributed by atoms with Crippen LogP contribution in [-0.4, -0.2) is 19.3 Å². The minimum Gasteiger partial charge on any atom is -0.279 e. The molecule has 0 aliphatic heterocycles. The second-order valence-corrected chi connectivity index (χ2v) is 5.93. The maximum absolute atomic E-state index is 6.29. The molecule has 0 N–H and O–H groups in total. The largest absolute Gasteiger partial charge is 0.279 e. The molecule has 0 fully saturated rings. The van der Waals surface area contributed by atoms with Gasteiger partial charge in [0.2, 0.25) is 0 Å². The molecule has 3 aromatic heterocycles. The summed E-state index contributed by atoms with van der Waals surface area (Å²) in [7, 11) is 1.95. The van der Waals surface area contributed by atoms with Crippen LogP contribution in [-0.2, 0) is 13.5 Å². The number of alkyl halides is 1. The second kappa shape index (κ2) is 4.65. The second-order valence-electron chi connectivity index (χ2n) is 4.50. The Morgan fingerprint density at radius 2 is 2.26 bits per heavy atom. The van der Waals surface area contributed by atoms with E-state index in [1.165, 1.54) is 0 Å². The quantitative estimate of drug-likeness (QED) is 0.691. The number of hydrogen-bond acceptors (Lipinski definition) is 3. The van der Waals surface area contributed by atoms with Gasteiger partial charge in [-0.1, -0.05) is 6.92 Å². The van der Waals surface area contributed by atoms with Crippen LogP contribution < -0.4 is 0 Å². The van der Waals surface area contributed by atoms with Gasteiger partial charge < -0.3 is 0 Å². The van der Waals surface area contributed by atoms with Gasteiger partial charge in [0.15, 0.2) is 5.65 Å². The van der Waals surface area contributed by atoms with Crippen LogP contribution in [0.1, 0.15) is 30.7 Å². The minimum absolute atomic E-state index is 0.142. The van der Waals surface area contributed by atoms with Crippen LogP contribution in [0.25, 0.3) is 16.9 Å². The van der Waals surface area contributed by atoms with Gasteiger partial charge in [-0.3, -0.25) is 4.57 Å². The van der Waals surface area contributed by atoms with E-state index in [0.29, 0.717) is 0 Å². The number of rotatable bonds is 3. The van der Waals surface area contributed by atoms with Crippen molar-refractivity contribution >= 4 is 34.1 Å². The van der Waals surface area contributed by atoms with E-state index >= 15 is 0 Å². The summed E-state index contributed by atoms with van der Waals surface area (Å²) in [6.45, 7) is 4.04. The zero-order chi connectivity index (χ0) is 13.6. The molecule has 0 amide bonds. The predicted molar refractivity (Wildman–Crippen MR) is 79.4 cm³/mol. The topological polar surface area (TPSA) is 35.6 Å². The van der Waals surface area contributed by atoms with Gasteiger partial charge in [0.1, 0.15) is 11.3 Å². The number of thiophene rings is 1. The fraction of sp³-hybridized carbons (Fsp3) is 0.385. The highest BCUT2D eigenvalue weighted by Gasteiger charge is 2.22. The van der Waals surface area contributed by atoms with Gasteiger partial charge in [-0.05, 0) is 24.8 Å². The van der Waals surface area contributed by atoms with E-state index < -0.39 is 0 Å². The number of hydrogen-bond donors (Lipinski definition) is 0. The highest BCUT2D eigenvalue weighted by Crippen LogP contribution is 2.30. The molecule has 3 aromatic rings. The zero-order valence-corrected chi connectivity index (χ0v) is 12.7. The fourth-order valence-corrected chi connectivity index (χ4v) is 3.11. The lowest BCUT2D eigenvalue weighted by Gasteiger charge is -2.08. The molecule has 1 unspecified atom stereocenters. The molecule has 100 valence electrons. The van der Waals surface area contributed by atoms with Gasteiger partial charge in [0.25, 0.3) is 0 Å². The van der Waals surface area contributed by atoms with Crippen molar-refractivity contribution in [1.29, 1.82) is 0 Å². The van der Waals surface area contributed by atoms with Crippen molar-refractivity contribution < 1.29 is 0 Å². The van der Waals surface area contributed by atoms with Gasteiger partial charge in [-0.2, -0.15) is 16.4 Å². The molecule has 0 saturated heterocycles. The number of nitrogens with zero attached hydrogens (tertiary/aromatic N) is 4. The van der Waals surface area contributed by atoms with E-state index in [1.54, 1.807) is 11.3 Å². The normalized spacial score (nSPS) is 13.3. The van der Waals surface area contributed by atoms with Crippen molar-refractivity contribution in [1.82, 2.24) is 19.3 Å². The van der Waals surface area contributed by atoms with E-state index in [9.17, 15) is 0 Å². The Bertz CT molecular complexity index is 709. The van der Waals surface area contributed by atoms with Crippen LogP contribution in [0.2, 0.25) is 0 Å². The average Bonchev–Trinajstić information content (AvgIpc) is 3.04. The molecule has 0 aromatic carbocycles. The molecular formula is C13H15ClN4S. The molecule has 0 aliphatic rings. The van der Waals surface area contributed by atoms with E-state index in [0.717, 1.165) is 34.8 Å². The van der Waals surface area contributed by atoms with E-state index in [4.69, 9.17) is 16.6 Å². The third kappa shape index (κ3) is 1.88. The fourth-order valence-electron chi connectivity index (χ4n) is 2.34. The molecule has 6 heteroatoms. The summed E-state index contributed by atoms with van der Waals surface area (Å²) in [5.74, 6) is 0.873. The summed E-state index contributed by atoms with van der Waals surface area (Å²) in [5.41, 5.74) is 4.09. The molecular weight excluding hydrogens is 280 g/mol. The van der Waals surface area contributed by atoms with Crippen LogP contribution in [0, 0.1) is 0 Å².